The molecule has 4 rings (SSSR count). The quantitative estimate of drug-likeness (QED) is 0.459. The molecule has 0 spiro atoms. The third-order valence-corrected chi connectivity index (χ3v) is 4.64. The van der Waals surface area contributed by atoms with Crippen LogP contribution in [0.15, 0.2) is 18.3 Å². The van der Waals surface area contributed by atoms with E-state index in [1.807, 2.05) is 0 Å². The minimum atomic E-state index is -0.697. The van der Waals surface area contributed by atoms with E-state index in [2.05, 4.69) is 25.9 Å². The minimum Gasteiger partial charge on any atom is -0.351 e. The summed E-state index contributed by atoms with van der Waals surface area (Å²) in [5.41, 5.74) is 6.80. The Morgan fingerprint density at radius 2 is 2.00 bits per heavy atom. The van der Waals surface area contributed by atoms with Crippen molar-refractivity contribution < 1.29 is 14.5 Å². The summed E-state index contributed by atoms with van der Waals surface area (Å²) < 4.78 is 1.63. The molecular formula is C17H17N7O4. The van der Waals surface area contributed by atoms with Crippen molar-refractivity contribution in [2.75, 3.05) is 0 Å². The molecule has 3 aromatic heterocycles. The topological polar surface area (TPSA) is 148 Å². The predicted octanol–water partition coefficient (Wildman–Crippen LogP) is 1.47. The number of hydrogen-bond acceptors (Lipinski definition) is 6. The molecule has 3 aromatic rings. The van der Waals surface area contributed by atoms with Crippen LogP contribution in [0.3, 0.4) is 0 Å². The average Bonchev–Trinajstić information content (AvgIpc) is 3.32. The fourth-order valence-electron chi connectivity index (χ4n) is 3.10. The molecule has 11 nitrogen and oxygen atoms in total. The second-order valence-electron chi connectivity index (χ2n) is 6.71. The fraction of sp³-hybridized carbons (Fsp3) is 0.294. The largest absolute Gasteiger partial charge is 0.351 e. The molecule has 0 saturated heterocycles. The highest BCUT2D eigenvalue weighted by Gasteiger charge is 2.28. The van der Waals surface area contributed by atoms with Crippen LogP contribution in [0.5, 0.6) is 0 Å². The third kappa shape index (κ3) is 3.06. The number of hydrazine groups is 1. The highest BCUT2D eigenvalue weighted by Crippen LogP contribution is 2.40. The van der Waals surface area contributed by atoms with Crippen LogP contribution in [-0.2, 0) is 7.05 Å². The Morgan fingerprint density at radius 1 is 1.29 bits per heavy atom. The number of carbonyl (C=O) groups excluding carboxylic acids is 2. The monoisotopic (exact) mass is 383 g/mol. The van der Waals surface area contributed by atoms with Gasteiger partial charge < -0.3 is 4.98 Å². The number of nitrogens with zero attached hydrogens (tertiary/aromatic N) is 4. The summed E-state index contributed by atoms with van der Waals surface area (Å²) in [5.74, 6) is -0.878. The van der Waals surface area contributed by atoms with Crippen molar-refractivity contribution in [2.24, 2.45) is 7.05 Å². The van der Waals surface area contributed by atoms with Gasteiger partial charge in [0.05, 0.1) is 27.8 Å². The van der Waals surface area contributed by atoms with Gasteiger partial charge in [-0.2, -0.15) is 5.10 Å². The standard InChI is InChI=1S/C17H17N7O4/c1-8-14-11(6-12(9-3-4-9)19-15(14)23(2)22-8)16(25)20-21-17(26)13-5-10(7-18-13)24(27)28/h5-7,9,18H,3-4H2,1-2H3,(H,20,25)(H,21,26). The Balaban J connectivity index is 1.58. The van der Waals surface area contributed by atoms with Crippen LogP contribution in [0.4, 0.5) is 5.69 Å². The lowest BCUT2D eigenvalue weighted by Gasteiger charge is -2.09. The first-order valence-electron chi connectivity index (χ1n) is 8.63. The van der Waals surface area contributed by atoms with Crippen molar-refractivity contribution in [2.45, 2.75) is 25.7 Å². The number of fused-ring (bicyclic) bond motifs is 1. The van der Waals surface area contributed by atoms with Crippen LogP contribution in [0.1, 0.15) is 51.0 Å². The first kappa shape index (κ1) is 17.6. The van der Waals surface area contributed by atoms with Gasteiger partial charge in [0.25, 0.3) is 17.5 Å². The molecule has 2 amide bonds. The van der Waals surface area contributed by atoms with Crippen LogP contribution < -0.4 is 10.9 Å². The van der Waals surface area contributed by atoms with Gasteiger partial charge in [0.2, 0.25) is 0 Å². The maximum Gasteiger partial charge on any atom is 0.287 e. The maximum atomic E-state index is 12.8. The van der Waals surface area contributed by atoms with E-state index in [0.717, 1.165) is 30.8 Å². The molecule has 3 N–H and O–H groups in total. The maximum absolute atomic E-state index is 12.8. The molecule has 0 unspecified atom stereocenters. The van der Waals surface area contributed by atoms with Gasteiger partial charge in [-0.1, -0.05) is 0 Å². The number of nitro groups is 1. The number of rotatable bonds is 4. The van der Waals surface area contributed by atoms with Crippen molar-refractivity contribution in [1.82, 2.24) is 30.6 Å². The number of hydrogen-bond donors (Lipinski definition) is 3. The Morgan fingerprint density at radius 3 is 2.64 bits per heavy atom. The Bertz CT molecular complexity index is 1130. The van der Waals surface area contributed by atoms with Crippen molar-refractivity contribution in [3.8, 4) is 0 Å². The molecule has 28 heavy (non-hydrogen) atoms. The summed E-state index contributed by atoms with van der Waals surface area (Å²) in [6.07, 6.45) is 3.15. The van der Waals surface area contributed by atoms with Gasteiger partial charge in [0.15, 0.2) is 5.65 Å². The number of amides is 2. The van der Waals surface area contributed by atoms with Gasteiger partial charge in [0.1, 0.15) is 5.69 Å². The summed E-state index contributed by atoms with van der Waals surface area (Å²) in [6, 6.07) is 2.82. The normalized spacial score (nSPS) is 13.5. The number of pyridine rings is 1. The van der Waals surface area contributed by atoms with Crippen LogP contribution in [0.2, 0.25) is 0 Å². The van der Waals surface area contributed by atoms with Gasteiger partial charge in [-0.3, -0.25) is 35.2 Å². The summed E-state index contributed by atoms with van der Waals surface area (Å²) in [6.45, 7) is 1.79. The molecule has 1 aliphatic rings. The highest BCUT2D eigenvalue weighted by molar-refractivity contribution is 6.07. The number of aromatic nitrogens is 4. The number of carbonyl (C=O) groups is 2. The second kappa shape index (κ2) is 6.44. The molecule has 144 valence electrons. The molecular weight excluding hydrogens is 366 g/mol. The number of H-pyrrole nitrogens is 1. The molecule has 11 heteroatoms. The molecule has 0 aliphatic heterocycles. The van der Waals surface area contributed by atoms with E-state index in [0.29, 0.717) is 28.2 Å². The molecule has 0 radical (unpaired) electrons. The van der Waals surface area contributed by atoms with Gasteiger partial charge in [-0.05, 0) is 25.8 Å². The zero-order chi connectivity index (χ0) is 20.0. The van der Waals surface area contributed by atoms with Crippen molar-refractivity contribution >= 4 is 28.5 Å². The zero-order valence-electron chi connectivity index (χ0n) is 15.1. The van der Waals surface area contributed by atoms with E-state index in [1.165, 1.54) is 0 Å². The van der Waals surface area contributed by atoms with Crippen molar-refractivity contribution in [1.29, 1.82) is 0 Å². The highest BCUT2D eigenvalue weighted by atomic mass is 16.6. The van der Waals surface area contributed by atoms with Gasteiger partial charge >= 0.3 is 0 Å². The molecule has 0 bridgehead atoms. The molecule has 1 aliphatic carbocycles. The van der Waals surface area contributed by atoms with E-state index in [-0.39, 0.29) is 11.4 Å². The molecule has 1 saturated carbocycles. The summed E-state index contributed by atoms with van der Waals surface area (Å²) in [4.78, 5) is 42.1. The number of nitrogens with one attached hydrogen (secondary N) is 3. The van der Waals surface area contributed by atoms with E-state index >= 15 is 0 Å². The van der Waals surface area contributed by atoms with Gasteiger partial charge in [0, 0.05) is 24.7 Å². The lowest BCUT2D eigenvalue weighted by atomic mass is 10.1. The predicted molar refractivity (Wildman–Crippen MR) is 97.6 cm³/mol. The van der Waals surface area contributed by atoms with Crippen molar-refractivity contribution in [3.05, 3.63) is 51.1 Å². The molecule has 0 aromatic carbocycles. The first-order chi connectivity index (χ1) is 13.3. The number of aryl methyl sites for hydroxylation is 2. The average molecular weight is 383 g/mol. The Hall–Kier alpha value is -3.76. The summed E-state index contributed by atoms with van der Waals surface area (Å²) >= 11 is 0. The third-order valence-electron chi connectivity index (χ3n) is 4.64. The molecule has 3 heterocycles. The van der Waals surface area contributed by atoms with Crippen LogP contribution in [0.25, 0.3) is 11.0 Å². The fourth-order valence-corrected chi connectivity index (χ4v) is 3.10. The van der Waals surface area contributed by atoms with Crippen molar-refractivity contribution in [3.63, 3.8) is 0 Å². The van der Waals surface area contributed by atoms with Gasteiger partial charge in [-0.25, -0.2) is 4.98 Å². The summed E-state index contributed by atoms with van der Waals surface area (Å²) in [7, 11) is 1.76. The second-order valence-corrected chi connectivity index (χ2v) is 6.71. The first-order valence-corrected chi connectivity index (χ1v) is 8.63. The SMILES string of the molecule is Cc1nn(C)c2nc(C3CC3)cc(C(=O)NNC(=O)c3cc([N+](=O)[O-])c[nH]3)c12. The van der Waals surface area contributed by atoms with E-state index < -0.39 is 16.7 Å². The lowest BCUT2D eigenvalue weighted by Crippen LogP contribution is -2.41. The van der Waals surface area contributed by atoms with E-state index in [9.17, 15) is 19.7 Å². The summed E-state index contributed by atoms with van der Waals surface area (Å²) in [5, 5.41) is 15.7. The molecule has 1 fully saturated rings. The lowest BCUT2D eigenvalue weighted by molar-refractivity contribution is -0.384. The van der Waals surface area contributed by atoms with Crippen LogP contribution in [-0.4, -0.2) is 36.5 Å². The van der Waals surface area contributed by atoms with Crippen LogP contribution in [0, 0.1) is 17.0 Å². The zero-order valence-corrected chi connectivity index (χ0v) is 15.1. The number of aromatic amines is 1. The van der Waals surface area contributed by atoms with Gasteiger partial charge in [-0.15, -0.1) is 0 Å². The Labute approximate surface area is 158 Å². The minimum absolute atomic E-state index is 0.0388. The van der Waals surface area contributed by atoms with Crippen LogP contribution >= 0.6 is 0 Å². The molecule has 0 atom stereocenters. The van der Waals surface area contributed by atoms with E-state index in [4.69, 9.17) is 0 Å². The van der Waals surface area contributed by atoms with E-state index in [1.54, 1.807) is 24.7 Å². The smallest absolute Gasteiger partial charge is 0.287 e. The Kier molecular flexibility index (Phi) is 4.06.